The molecular weight excluding hydrogens is 304 g/mol. The first kappa shape index (κ1) is 14.6. The molecule has 0 saturated heterocycles. The van der Waals surface area contributed by atoms with Gasteiger partial charge in [0, 0.05) is 22.8 Å². The number of hydrogen-bond donors (Lipinski definition) is 1. The standard InChI is InChI=1S/C15H23BrN2O/c1-10(2)18-9-12(16)8-14(18)15(19)17-13-6-4-5-11(3)7-13/h8-11,13H,4-7H2,1-3H3,(H,17,19). The molecule has 0 aromatic carbocycles. The summed E-state index contributed by atoms with van der Waals surface area (Å²) in [6.45, 7) is 6.45. The third kappa shape index (κ3) is 3.62. The predicted octanol–water partition coefficient (Wildman–Crippen LogP) is 4.14. The molecule has 2 rings (SSSR count). The minimum absolute atomic E-state index is 0.0542. The van der Waals surface area contributed by atoms with E-state index in [0.29, 0.717) is 6.04 Å². The molecular formula is C15H23BrN2O. The van der Waals surface area contributed by atoms with Crippen LogP contribution in [0.1, 0.15) is 63.0 Å². The van der Waals surface area contributed by atoms with E-state index in [9.17, 15) is 4.79 Å². The summed E-state index contributed by atoms with van der Waals surface area (Å²) in [6.07, 6.45) is 6.71. The smallest absolute Gasteiger partial charge is 0.268 e. The van der Waals surface area contributed by atoms with Crippen LogP contribution in [-0.2, 0) is 0 Å². The summed E-state index contributed by atoms with van der Waals surface area (Å²) in [4.78, 5) is 12.4. The Labute approximate surface area is 123 Å². The maximum absolute atomic E-state index is 12.4. The summed E-state index contributed by atoms with van der Waals surface area (Å²) in [5.41, 5.74) is 0.750. The molecule has 19 heavy (non-hydrogen) atoms. The van der Waals surface area contributed by atoms with Gasteiger partial charge in [0.1, 0.15) is 5.69 Å². The van der Waals surface area contributed by atoms with Crippen molar-refractivity contribution in [1.82, 2.24) is 9.88 Å². The number of rotatable bonds is 3. The van der Waals surface area contributed by atoms with Gasteiger partial charge in [-0.1, -0.05) is 19.8 Å². The summed E-state index contributed by atoms with van der Waals surface area (Å²) >= 11 is 3.45. The second kappa shape index (κ2) is 6.12. The van der Waals surface area contributed by atoms with Gasteiger partial charge >= 0.3 is 0 Å². The van der Waals surface area contributed by atoms with E-state index in [0.717, 1.165) is 28.9 Å². The number of aromatic nitrogens is 1. The Hall–Kier alpha value is -0.770. The van der Waals surface area contributed by atoms with Crippen LogP contribution in [0.25, 0.3) is 0 Å². The fourth-order valence-electron chi connectivity index (χ4n) is 2.88. The molecule has 4 heteroatoms. The highest BCUT2D eigenvalue weighted by Crippen LogP contribution is 2.24. The first-order valence-electron chi connectivity index (χ1n) is 7.15. The van der Waals surface area contributed by atoms with Crippen LogP contribution in [0.15, 0.2) is 16.7 Å². The highest BCUT2D eigenvalue weighted by atomic mass is 79.9. The molecule has 1 aliphatic rings. The number of nitrogens with one attached hydrogen (secondary N) is 1. The van der Waals surface area contributed by atoms with Crippen LogP contribution in [0.3, 0.4) is 0 Å². The molecule has 1 amide bonds. The zero-order valence-corrected chi connectivity index (χ0v) is 13.5. The average molecular weight is 327 g/mol. The van der Waals surface area contributed by atoms with Gasteiger partial charge in [-0.25, -0.2) is 0 Å². The van der Waals surface area contributed by atoms with Crippen LogP contribution < -0.4 is 5.32 Å². The molecule has 2 unspecified atom stereocenters. The zero-order chi connectivity index (χ0) is 14.0. The first-order valence-corrected chi connectivity index (χ1v) is 7.95. The first-order chi connectivity index (χ1) is 8.97. The fourth-order valence-corrected chi connectivity index (χ4v) is 3.32. The Morgan fingerprint density at radius 1 is 1.47 bits per heavy atom. The van der Waals surface area contributed by atoms with E-state index in [2.05, 4.69) is 42.0 Å². The lowest BCUT2D eigenvalue weighted by Crippen LogP contribution is -2.38. The molecule has 0 bridgehead atoms. The van der Waals surface area contributed by atoms with Gasteiger partial charge in [-0.2, -0.15) is 0 Å². The van der Waals surface area contributed by atoms with Crippen molar-refractivity contribution < 1.29 is 4.79 Å². The topological polar surface area (TPSA) is 34.0 Å². The van der Waals surface area contributed by atoms with E-state index in [1.165, 1.54) is 12.8 Å². The molecule has 1 heterocycles. The predicted molar refractivity (Wildman–Crippen MR) is 81.4 cm³/mol. The summed E-state index contributed by atoms with van der Waals surface area (Å²) < 4.78 is 2.98. The Bertz CT molecular complexity index is 453. The van der Waals surface area contributed by atoms with Crippen LogP contribution in [0.5, 0.6) is 0 Å². The van der Waals surface area contributed by atoms with E-state index in [4.69, 9.17) is 0 Å². The minimum atomic E-state index is 0.0542. The molecule has 3 nitrogen and oxygen atoms in total. The number of amides is 1. The Morgan fingerprint density at radius 2 is 2.21 bits per heavy atom. The van der Waals surface area contributed by atoms with E-state index < -0.39 is 0 Å². The van der Waals surface area contributed by atoms with E-state index in [1.807, 2.05) is 16.8 Å². The summed E-state index contributed by atoms with van der Waals surface area (Å²) in [7, 11) is 0. The molecule has 1 fully saturated rings. The third-order valence-electron chi connectivity index (χ3n) is 3.88. The molecule has 2 atom stereocenters. The Morgan fingerprint density at radius 3 is 2.84 bits per heavy atom. The van der Waals surface area contributed by atoms with Crippen molar-refractivity contribution in [2.75, 3.05) is 0 Å². The minimum Gasteiger partial charge on any atom is -0.348 e. The SMILES string of the molecule is CC1CCCC(NC(=O)c2cc(Br)cn2C(C)C)C1. The monoisotopic (exact) mass is 326 g/mol. The molecule has 0 spiro atoms. The van der Waals surface area contributed by atoms with Gasteiger partial charge < -0.3 is 9.88 Å². The fraction of sp³-hybridized carbons (Fsp3) is 0.667. The lowest BCUT2D eigenvalue weighted by molar-refractivity contribution is 0.0910. The van der Waals surface area contributed by atoms with Gasteiger partial charge in [-0.05, 0) is 54.6 Å². The van der Waals surface area contributed by atoms with Crippen LogP contribution in [0, 0.1) is 5.92 Å². The third-order valence-corrected chi connectivity index (χ3v) is 4.31. The van der Waals surface area contributed by atoms with E-state index in [-0.39, 0.29) is 11.9 Å². The molecule has 1 aromatic rings. The zero-order valence-electron chi connectivity index (χ0n) is 11.9. The normalized spacial score (nSPS) is 23.6. The van der Waals surface area contributed by atoms with Gasteiger partial charge in [0.2, 0.25) is 0 Å². The number of halogens is 1. The lowest BCUT2D eigenvalue weighted by Gasteiger charge is -2.27. The second-order valence-electron chi connectivity index (χ2n) is 5.99. The van der Waals surface area contributed by atoms with Gasteiger partial charge in [0.15, 0.2) is 0 Å². The highest BCUT2D eigenvalue weighted by molar-refractivity contribution is 9.10. The number of hydrogen-bond acceptors (Lipinski definition) is 1. The van der Waals surface area contributed by atoms with E-state index >= 15 is 0 Å². The van der Waals surface area contributed by atoms with Crippen LogP contribution in [0.4, 0.5) is 0 Å². The number of nitrogens with zero attached hydrogens (tertiary/aromatic N) is 1. The van der Waals surface area contributed by atoms with Gasteiger partial charge in [-0.3, -0.25) is 4.79 Å². The molecule has 106 valence electrons. The van der Waals surface area contributed by atoms with Crippen molar-refractivity contribution in [3.63, 3.8) is 0 Å². The molecule has 1 aromatic heterocycles. The maximum Gasteiger partial charge on any atom is 0.268 e. The van der Waals surface area contributed by atoms with Crippen molar-refractivity contribution >= 4 is 21.8 Å². The van der Waals surface area contributed by atoms with E-state index in [1.54, 1.807) is 0 Å². The van der Waals surface area contributed by atoms with Crippen LogP contribution >= 0.6 is 15.9 Å². The largest absolute Gasteiger partial charge is 0.348 e. The van der Waals surface area contributed by atoms with Gasteiger partial charge in [0.25, 0.3) is 5.91 Å². The molecule has 1 aliphatic carbocycles. The van der Waals surface area contributed by atoms with Crippen molar-refractivity contribution in [2.45, 2.75) is 58.5 Å². The Kier molecular flexibility index (Phi) is 4.71. The molecule has 0 radical (unpaired) electrons. The van der Waals surface area contributed by atoms with Crippen LogP contribution in [0.2, 0.25) is 0 Å². The van der Waals surface area contributed by atoms with Crippen molar-refractivity contribution in [3.05, 3.63) is 22.4 Å². The van der Waals surface area contributed by atoms with Crippen molar-refractivity contribution in [2.24, 2.45) is 5.92 Å². The van der Waals surface area contributed by atoms with Gasteiger partial charge in [0.05, 0.1) is 0 Å². The average Bonchev–Trinajstić information content (AvgIpc) is 2.71. The summed E-state index contributed by atoms with van der Waals surface area (Å²) in [6, 6.07) is 2.53. The second-order valence-corrected chi connectivity index (χ2v) is 6.90. The molecule has 0 aliphatic heterocycles. The Balaban J connectivity index is 2.07. The quantitative estimate of drug-likeness (QED) is 0.889. The van der Waals surface area contributed by atoms with Crippen LogP contribution in [-0.4, -0.2) is 16.5 Å². The summed E-state index contributed by atoms with van der Waals surface area (Å²) in [5.74, 6) is 0.779. The summed E-state index contributed by atoms with van der Waals surface area (Å²) in [5, 5.41) is 3.19. The molecule has 1 saturated carbocycles. The number of carbonyl (C=O) groups excluding carboxylic acids is 1. The number of carbonyl (C=O) groups is 1. The highest BCUT2D eigenvalue weighted by Gasteiger charge is 2.22. The van der Waals surface area contributed by atoms with Crippen molar-refractivity contribution in [1.29, 1.82) is 0 Å². The maximum atomic E-state index is 12.4. The lowest BCUT2D eigenvalue weighted by atomic mass is 9.87. The van der Waals surface area contributed by atoms with Crippen molar-refractivity contribution in [3.8, 4) is 0 Å². The van der Waals surface area contributed by atoms with Gasteiger partial charge in [-0.15, -0.1) is 0 Å². The molecule has 1 N–H and O–H groups in total.